The Labute approximate surface area is 173 Å². The van der Waals surface area contributed by atoms with Crippen molar-refractivity contribution in [3.05, 3.63) is 129 Å². The lowest BCUT2D eigenvalue weighted by Gasteiger charge is -2.29. The van der Waals surface area contributed by atoms with Crippen LogP contribution in [0, 0.1) is 0 Å². The van der Waals surface area contributed by atoms with E-state index in [1.165, 1.54) is 27.8 Å². The molecule has 0 saturated carbocycles. The van der Waals surface area contributed by atoms with Crippen LogP contribution in [0.25, 0.3) is 11.1 Å². The van der Waals surface area contributed by atoms with E-state index in [1.54, 1.807) is 18.2 Å². The van der Waals surface area contributed by atoms with Crippen molar-refractivity contribution in [1.29, 1.82) is 0 Å². The molecule has 0 aliphatic heterocycles. The van der Waals surface area contributed by atoms with Crippen LogP contribution >= 0.6 is 0 Å². The minimum Gasteiger partial charge on any atom is -0.289 e. The molecule has 0 heterocycles. The number of carbonyl (C=O) groups is 2. The molecule has 0 amide bonds. The quantitative estimate of drug-likeness (QED) is 0.390. The highest BCUT2D eigenvalue weighted by Gasteiger charge is 2.55. The summed E-state index contributed by atoms with van der Waals surface area (Å²) >= 11 is 0. The zero-order chi connectivity index (χ0) is 20.0. The van der Waals surface area contributed by atoms with Crippen molar-refractivity contribution in [2.75, 3.05) is 0 Å². The summed E-state index contributed by atoms with van der Waals surface area (Å²) in [5.41, 5.74) is 9.87. The Morgan fingerprint density at radius 1 is 0.467 bits per heavy atom. The van der Waals surface area contributed by atoms with Gasteiger partial charge in [-0.2, -0.15) is 0 Å². The average molecular weight is 384 g/mol. The number of ketones is 2. The van der Waals surface area contributed by atoms with Crippen LogP contribution < -0.4 is 0 Å². The SMILES string of the molecule is O=C1c2ccccc2C(=O)c2c1cccc2C1c2ccc(-c3ccccc3)c3c2C31. The van der Waals surface area contributed by atoms with Crippen LogP contribution in [-0.2, 0) is 0 Å². The van der Waals surface area contributed by atoms with Crippen molar-refractivity contribution in [3.63, 3.8) is 0 Å². The summed E-state index contributed by atoms with van der Waals surface area (Å²) in [7, 11) is 0. The predicted molar refractivity (Wildman–Crippen MR) is 115 cm³/mol. The monoisotopic (exact) mass is 384 g/mol. The smallest absolute Gasteiger partial charge is 0.194 e. The second-order valence-electron chi connectivity index (χ2n) is 8.32. The summed E-state index contributed by atoms with van der Waals surface area (Å²) in [6.45, 7) is 0. The summed E-state index contributed by atoms with van der Waals surface area (Å²) in [6, 6.07) is 27.8. The van der Waals surface area contributed by atoms with Crippen LogP contribution in [0.15, 0.2) is 84.9 Å². The van der Waals surface area contributed by atoms with E-state index < -0.39 is 0 Å². The molecule has 0 saturated heterocycles. The lowest BCUT2D eigenvalue weighted by molar-refractivity contribution is 0.0978. The van der Waals surface area contributed by atoms with Crippen molar-refractivity contribution < 1.29 is 9.59 Å². The lowest BCUT2D eigenvalue weighted by Crippen LogP contribution is -2.25. The Morgan fingerprint density at radius 2 is 1.17 bits per heavy atom. The van der Waals surface area contributed by atoms with Crippen LogP contribution in [-0.4, -0.2) is 11.6 Å². The third-order valence-electron chi connectivity index (χ3n) is 6.93. The lowest BCUT2D eigenvalue weighted by atomic mass is 9.72. The highest BCUT2D eigenvalue weighted by molar-refractivity contribution is 6.29. The van der Waals surface area contributed by atoms with Gasteiger partial charge in [0.25, 0.3) is 0 Å². The van der Waals surface area contributed by atoms with E-state index in [0.29, 0.717) is 28.2 Å². The molecule has 4 aromatic carbocycles. The summed E-state index contributed by atoms with van der Waals surface area (Å²) < 4.78 is 0. The van der Waals surface area contributed by atoms with E-state index >= 15 is 0 Å². The molecule has 3 aliphatic carbocycles. The van der Waals surface area contributed by atoms with Crippen molar-refractivity contribution in [3.8, 4) is 11.1 Å². The van der Waals surface area contributed by atoms with Gasteiger partial charge >= 0.3 is 0 Å². The van der Waals surface area contributed by atoms with Crippen LogP contribution in [0.4, 0.5) is 0 Å². The van der Waals surface area contributed by atoms with E-state index in [9.17, 15) is 9.59 Å². The van der Waals surface area contributed by atoms with E-state index in [2.05, 4.69) is 36.4 Å². The minimum absolute atomic E-state index is 0.0266. The maximum atomic E-state index is 13.4. The first-order valence-corrected chi connectivity index (χ1v) is 10.3. The first-order chi connectivity index (χ1) is 14.8. The number of hydrogen-bond donors (Lipinski definition) is 0. The Kier molecular flexibility index (Phi) is 2.91. The van der Waals surface area contributed by atoms with E-state index in [4.69, 9.17) is 0 Å². The van der Waals surface area contributed by atoms with Crippen molar-refractivity contribution >= 4 is 11.6 Å². The number of hydrogen-bond acceptors (Lipinski definition) is 2. The molecular formula is C28H16O2. The summed E-state index contributed by atoms with van der Waals surface area (Å²) in [6.07, 6.45) is 0. The fourth-order valence-electron chi connectivity index (χ4n) is 5.58. The Bertz CT molecular complexity index is 1430. The van der Waals surface area contributed by atoms with Gasteiger partial charge in [-0.3, -0.25) is 9.59 Å². The molecule has 0 aromatic heterocycles. The van der Waals surface area contributed by atoms with Crippen molar-refractivity contribution in [1.82, 2.24) is 0 Å². The molecule has 0 radical (unpaired) electrons. The first kappa shape index (κ1) is 16.1. The normalized spacial score (nSPS) is 19.5. The molecular weight excluding hydrogens is 368 g/mol. The average Bonchev–Trinajstić information content (AvgIpc) is 3.49. The number of carbonyl (C=O) groups excluding carboxylic acids is 2. The first-order valence-electron chi connectivity index (χ1n) is 10.3. The third kappa shape index (κ3) is 1.84. The molecule has 2 unspecified atom stereocenters. The standard InChI is InChI=1S/C28H16O2/c29-27-17-9-4-5-10-18(17)28(30)23-19(11-6-12-21(23)27)22-20-14-13-16(24-25(20)26(22)24)15-7-2-1-3-8-15/h1-14,22,26H. The third-order valence-corrected chi connectivity index (χ3v) is 6.93. The second kappa shape index (κ2) is 5.43. The maximum absolute atomic E-state index is 13.4. The molecule has 140 valence electrons. The molecule has 0 fully saturated rings. The zero-order valence-corrected chi connectivity index (χ0v) is 16.1. The molecule has 0 bridgehead atoms. The molecule has 0 spiro atoms. The Morgan fingerprint density at radius 3 is 1.97 bits per heavy atom. The van der Waals surface area contributed by atoms with Crippen LogP contribution in [0.2, 0.25) is 0 Å². The predicted octanol–water partition coefficient (Wildman–Crippen LogP) is 5.72. The van der Waals surface area contributed by atoms with Crippen LogP contribution in [0.1, 0.15) is 65.9 Å². The van der Waals surface area contributed by atoms with Gasteiger partial charge in [0.2, 0.25) is 0 Å². The van der Waals surface area contributed by atoms with Gasteiger partial charge in [0, 0.05) is 34.1 Å². The van der Waals surface area contributed by atoms with E-state index in [0.717, 1.165) is 5.56 Å². The van der Waals surface area contributed by atoms with Gasteiger partial charge in [0.15, 0.2) is 11.6 Å². The van der Waals surface area contributed by atoms with Crippen molar-refractivity contribution in [2.24, 2.45) is 0 Å². The van der Waals surface area contributed by atoms with Gasteiger partial charge in [0.1, 0.15) is 0 Å². The van der Waals surface area contributed by atoms with Gasteiger partial charge in [-0.25, -0.2) is 0 Å². The van der Waals surface area contributed by atoms with Crippen molar-refractivity contribution in [2.45, 2.75) is 11.8 Å². The number of fused-ring (bicyclic) bond motifs is 3. The minimum atomic E-state index is -0.0472. The van der Waals surface area contributed by atoms with Gasteiger partial charge < -0.3 is 0 Å². The summed E-state index contributed by atoms with van der Waals surface area (Å²) in [5.74, 6) is 0.469. The molecule has 7 rings (SSSR count). The molecule has 2 nitrogen and oxygen atoms in total. The zero-order valence-electron chi connectivity index (χ0n) is 16.1. The number of rotatable bonds is 2. The Hall–Kier alpha value is -3.78. The van der Waals surface area contributed by atoms with E-state index in [-0.39, 0.29) is 17.5 Å². The molecule has 4 aromatic rings. The van der Waals surface area contributed by atoms with Gasteiger partial charge in [-0.1, -0.05) is 84.9 Å². The molecule has 3 aliphatic rings. The Balaban J connectivity index is 1.36. The number of benzene rings is 4. The highest BCUT2D eigenvalue weighted by atomic mass is 16.1. The topological polar surface area (TPSA) is 34.1 Å². The molecule has 2 heteroatoms. The highest BCUT2D eigenvalue weighted by Crippen LogP contribution is 2.69. The fourth-order valence-corrected chi connectivity index (χ4v) is 5.58. The van der Waals surface area contributed by atoms with Crippen LogP contribution in [0.3, 0.4) is 0 Å². The van der Waals surface area contributed by atoms with Crippen LogP contribution in [0.5, 0.6) is 0 Å². The fraction of sp³-hybridized carbons (Fsp3) is 0.0714. The van der Waals surface area contributed by atoms with Gasteiger partial charge in [-0.15, -0.1) is 0 Å². The maximum Gasteiger partial charge on any atom is 0.194 e. The second-order valence-corrected chi connectivity index (χ2v) is 8.32. The summed E-state index contributed by atoms with van der Waals surface area (Å²) in [4.78, 5) is 26.5. The van der Waals surface area contributed by atoms with E-state index in [1.807, 2.05) is 30.3 Å². The molecule has 2 atom stereocenters. The summed E-state index contributed by atoms with van der Waals surface area (Å²) in [5, 5.41) is 0. The molecule has 0 N–H and O–H groups in total. The van der Waals surface area contributed by atoms with Gasteiger partial charge in [-0.05, 0) is 33.4 Å². The largest absolute Gasteiger partial charge is 0.289 e. The molecule has 30 heavy (non-hydrogen) atoms. The van der Waals surface area contributed by atoms with Gasteiger partial charge in [0.05, 0.1) is 0 Å².